The first-order valence-electron chi connectivity index (χ1n) is 12.2. The van der Waals surface area contributed by atoms with Crippen molar-refractivity contribution in [1.29, 1.82) is 0 Å². The number of esters is 1. The topological polar surface area (TPSA) is 127 Å². The Labute approximate surface area is 208 Å². The number of benzene rings is 1. The summed E-state index contributed by atoms with van der Waals surface area (Å²) in [6, 6.07) is 7.21. The summed E-state index contributed by atoms with van der Waals surface area (Å²) in [5.74, 6) is -2.64. The summed E-state index contributed by atoms with van der Waals surface area (Å²) < 4.78 is 12.8. The maximum absolute atomic E-state index is 13.3. The van der Waals surface area contributed by atoms with Crippen LogP contribution < -0.4 is 5.32 Å². The molecule has 0 saturated carbocycles. The summed E-state index contributed by atoms with van der Waals surface area (Å²) in [6.45, 7) is 4.02. The molecule has 0 spiro atoms. The van der Waals surface area contributed by atoms with Crippen LogP contribution in [0.3, 0.4) is 0 Å². The molecule has 36 heavy (non-hydrogen) atoms. The van der Waals surface area contributed by atoms with Crippen LogP contribution in [0.4, 0.5) is 4.79 Å². The fourth-order valence-corrected chi connectivity index (χ4v) is 4.67. The summed E-state index contributed by atoms with van der Waals surface area (Å²) >= 11 is 0. The number of hydrogen-bond donors (Lipinski definition) is 2. The summed E-state index contributed by atoms with van der Waals surface area (Å²) in [4.78, 5) is 52.0. The lowest BCUT2D eigenvalue weighted by Gasteiger charge is -2.29. The van der Waals surface area contributed by atoms with Gasteiger partial charge in [0.1, 0.15) is 23.9 Å². The SMILES string of the molecule is CC(C)[C@@H]1NC(=O)OCCCC=CCn2c(cc3ccccc32)C(=O)O[C@@H]2C[C@@H](C(=O)O)N(C2)C1=O. The van der Waals surface area contributed by atoms with Gasteiger partial charge in [-0.05, 0) is 30.9 Å². The smallest absolute Gasteiger partial charge is 0.407 e. The van der Waals surface area contributed by atoms with E-state index in [1.807, 2.05) is 41.0 Å². The number of carbonyl (C=O) groups excluding carboxylic acids is 3. The highest BCUT2D eigenvalue weighted by Gasteiger charge is 2.44. The molecule has 2 N–H and O–H groups in total. The number of alkyl carbamates (subject to hydrolysis) is 1. The van der Waals surface area contributed by atoms with E-state index in [1.165, 1.54) is 4.90 Å². The van der Waals surface area contributed by atoms with E-state index < -0.39 is 42.1 Å². The number of carboxylic acid groups (broad SMARTS) is 1. The molecule has 1 saturated heterocycles. The molecule has 192 valence electrons. The molecule has 0 radical (unpaired) electrons. The van der Waals surface area contributed by atoms with Gasteiger partial charge in [-0.3, -0.25) is 4.79 Å². The van der Waals surface area contributed by atoms with Gasteiger partial charge in [-0.1, -0.05) is 44.2 Å². The van der Waals surface area contributed by atoms with Gasteiger partial charge >= 0.3 is 18.0 Å². The van der Waals surface area contributed by atoms with Crippen molar-refractivity contribution in [1.82, 2.24) is 14.8 Å². The van der Waals surface area contributed by atoms with E-state index in [1.54, 1.807) is 19.9 Å². The van der Waals surface area contributed by atoms with Crippen molar-refractivity contribution in [3.05, 3.63) is 48.2 Å². The minimum Gasteiger partial charge on any atom is -0.480 e. The number of fused-ring (bicyclic) bond motifs is 5. The highest BCUT2D eigenvalue weighted by molar-refractivity contribution is 5.96. The number of para-hydroxylation sites is 1. The standard InChI is InChI=1S/C26H31N3O7/c1-16(2)22-23(30)29-15-18(14-20(29)24(31)32)36-25(33)21-13-17-9-5-6-10-19(17)28(21)11-7-3-4-8-12-35-26(34)27-22/h3,5-7,9-10,13,16,18,20,22H,4,8,11-12,14-15H2,1-2H3,(H,27,34)(H,31,32)/t18-,20+,22+/m1/s1. The Morgan fingerprint density at radius 3 is 2.69 bits per heavy atom. The number of aromatic nitrogens is 1. The number of amides is 2. The van der Waals surface area contributed by atoms with Gasteiger partial charge in [0.05, 0.1) is 13.2 Å². The molecule has 0 aliphatic carbocycles. The predicted molar refractivity (Wildman–Crippen MR) is 130 cm³/mol. The Bertz CT molecular complexity index is 1190. The van der Waals surface area contributed by atoms with E-state index in [0.29, 0.717) is 25.1 Å². The molecule has 10 heteroatoms. The van der Waals surface area contributed by atoms with Crippen molar-refractivity contribution in [3.63, 3.8) is 0 Å². The fraction of sp³-hybridized carbons (Fsp3) is 0.462. The highest BCUT2D eigenvalue weighted by atomic mass is 16.6. The zero-order chi connectivity index (χ0) is 25.8. The molecule has 2 aliphatic rings. The number of carboxylic acids is 1. The van der Waals surface area contributed by atoms with Gasteiger partial charge in [-0.25, -0.2) is 14.4 Å². The summed E-state index contributed by atoms with van der Waals surface area (Å²) in [5.41, 5.74) is 1.23. The summed E-state index contributed by atoms with van der Waals surface area (Å²) in [7, 11) is 0. The van der Waals surface area contributed by atoms with Gasteiger partial charge < -0.3 is 29.4 Å². The lowest BCUT2D eigenvalue weighted by Crippen LogP contribution is -2.54. The lowest BCUT2D eigenvalue weighted by atomic mass is 10.0. The fourth-order valence-electron chi connectivity index (χ4n) is 4.67. The van der Waals surface area contributed by atoms with Gasteiger partial charge in [-0.15, -0.1) is 0 Å². The third-order valence-electron chi connectivity index (χ3n) is 6.53. The average Bonchev–Trinajstić information content (AvgIpc) is 3.43. The quantitative estimate of drug-likeness (QED) is 0.482. The monoisotopic (exact) mass is 497 g/mol. The van der Waals surface area contributed by atoms with E-state index in [-0.39, 0.29) is 25.5 Å². The van der Waals surface area contributed by atoms with Crippen LogP contribution in [0.2, 0.25) is 0 Å². The van der Waals surface area contributed by atoms with Crippen molar-refractivity contribution in [2.24, 2.45) is 5.92 Å². The molecule has 3 atom stereocenters. The first-order valence-corrected chi connectivity index (χ1v) is 12.2. The number of nitrogens with one attached hydrogen (secondary N) is 1. The number of ether oxygens (including phenoxy) is 2. The van der Waals surface area contributed by atoms with Crippen LogP contribution in [0.15, 0.2) is 42.5 Å². The molecule has 2 bridgehead atoms. The molecule has 2 aromatic rings. The molecule has 1 aromatic carbocycles. The first kappa shape index (κ1) is 25.3. The summed E-state index contributed by atoms with van der Waals surface area (Å²) in [5, 5.41) is 13.2. The van der Waals surface area contributed by atoms with Crippen LogP contribution in [0, 0.1) is 5.92 Å². The zero-order valence-electron chi connectivity index (χ0n) is 20.4. The molecular weight excluding hydrogens is 466 g/mol. The molecule has 3 heterocycles. The van der Waals surface area contributed by atoms with Crippen LogP contribution in [0.1, 0.15) is 43.6 Å². The van der Waals surface area contributed by atoms with Crippen LogP contribution >= 0.6 is 0 Å². The number of cyclic esters (lactones) is 1. The molecule has 2 amide bonds. The number of nitrogens with zero attached hydrogens (tertiary/aromatic N) is 2. The molecule has 0 unspecified atom stereocenters. The Morgan fingerprint density at radius 2 is 1.94 bits per heavy atom. The minimum absolute atomic E-state index is 0.0395. The molecule has 1 fully saturated rings. The first-order chi connectivity index (χ1) is 17.3. The van der Waals surface area contributed by atoms with E-state index >= 15 is 0 Å². The minimum atomic E-state index is -1.20. The Hall–Kier alpha value is -3.82. The highest BCUT2D eigenvalue weighted by Crippen LogP contribution is 2.26. The van der Waals surface area contributed by atoms with Crippen LogP contribution in [-0.4, -0.2) is 69.9 Å². The number of allylic oxidation sites excluding steroid dienone is 2. The third-order valence-corrected chi connectivity index (χ3v) is 6.53. The molecule has 2 aliphatic heterocycles. The largest absolute Gasteiger partial charge is 0.480 e. The van der Waals surface area contributed by atoms with Gasteiger partial charge in [0.15, 0.2) is 0 Å². The van der Waals surface area contributed by atoms with Gasteiger partial charge in [-0.2, -0.15) is 0 Å². The van der Waals surface area contributed by atoms with E-state index in [0.717, 1.165) is 10.9 Å². The lowest BCUT2D eigenvalue weighted by molar-refractivity contribution is -0.149. The Kier molecular flexibility index (Phi) is 7.61. The molecule has 10 nitrogen and oxygen atoms in total. The Morgan fingerprint density at radius 1 is 1.17 bits per heavy atom. The average molecular weight is 498 g/mol. The van der Waals surface area contributed by atoms with Gasteiger partial charge in [0.25, 0.3) is 0 Å². The predicted octanol–water partition coefficient (Wildman–Crippen LogP) is 2.95. The third kappa shape index (κ3) is 5.37. The van der Waals surface area contributed by atoms with Crippen molar-refractivity contribution >= 4 is 34.8 Å². The van der Waals surface area contributed by atoms with E-state index in [9.17, 15) is 24.3 Å². The van der Waals surface area contributed by atoms with Crippen molar-refractivity contribution < 1.29 is 33.8 Å². The van der Waals surface area contributed by atoms with Crippen LogP contribution in [0.5, 0.6) is 0 Å². The number of carbonyl (C=O) groups is 4. The van der Waals surface area contributed by atoms with E-state index in [4.69, 9.17) is 9.47 Å². The van der Waals surface area contributed by atoms with E-state index in [2.05, 4.69) is 5.32 Å². The number of aliphatic carboxylic acids is 1. The van der Waals surface area contributed by atoms with Crippen molar-refractivity contribution in [3.8, 4) is 0 Å². The zero-order valence-corrected chi connectivity index (χ0v) is 20.4. The number of rotatable bonds is 2. The maximum Gasteiger partial charge on any atom is 0.407 e. The van der Waals surface area contributed by atoms with Crippen molar-refractivity contribution in [2.75, 3.05) is 13.2 Å². The summed E-state index contributed by atoms with van der Waals surface area (Å²) in [6.07, 6.45) is 3.57. The number of hydrogen-bond acceptors (Lipinski definition) is 6. The Balaban J connectivity index is 1.67. The van der Waals surface area contributed by atoms with Crippen LogP contribution in [-0.2, 0) is 25.6 Å². The maximum atomic E-state index is 13.3. The second-order valence-corrected chi connectivity index (χ2v) is 9.42. The normalized spacial score (nSPS) is 24.0. The second-order valence-electron chi connectivity index (χ2n) is 9.42. The molecule has 4 rings (SSSR count). The van der Waals surface area contributed by atoms with Crippen LogP contribution in [0.25, 0.3) is 10.9 Å². The van der Waals surface area contributed by atoms with Crippen molar-refractivity contribution in [2.45, 2.75) is 57.8 Å². The molecular formula is C26H31N3O7. The molecule has 1 aromatic heterocycles. The van der Waals surface area contributed by atoms with Gasteiger partial charge in [0, 0.05) is 23.9 Å². The van der Waals surface area contributed by atoms with Gasteiger partial charge in [0.2, 0.25) is 5.91 Å². The second kappa shape index (κ2) is 10.8.